The number of thiophene rings is 1. The highest BCUT2D eigenvalue weighted by atomic mass is 32.1. The smallest absolute Gasteiger partial charge is 0.0299 e. The van der Waals surface area contributed by atoms with Crippen LogP contribution in [0.4, 0.5) is 0 Å². The average Bonchev–Trinajstić information content (AvgIpc) is 2.95. The highest BCUT2D eigenvalue weighted by Crippen LogP contribution is 2.34. The zero-order valence-corrected chi connectivity index (χ0v) is 14.6. The van der Waals surface area contributed by atoms with E-state index in [9.17, 15) is 0 Å². The van der Waals surface area contributed by atoms with Gasteiger partial charge in [-0.1, -0.05) is 27.7 Å². The summed E-state index contributed by atoms with van der Waals surface area (Å²) in [7, 11) is 0. The summed E-state index contributed by atoms with van der Waals surface area (Å²) in [6.45, 7) is 17.3. The number of nitrogens with one attached hydrogen (secondary N) is 1. The number of nitrogens with zero attached hydrogens (tertiary/aromatic N) is 1. The van der Waals surface area contributed by atoms with E-state index in [0.29, 0.717) is 5.41 Å². The number of rotatable bonds is 5. The molecule has 2 nitrogen and oxygen atoms in total. The van der Waals surface area contributed by atoms with Crippen molar-refractivity contribution in [3.63, 3.8) is 0 Å². The van der Waals surface area contributed by atoms with Crippen molar-refractivity contribution >= 4 is 11.3 Å². The quantitative estimate of drug-likeness (QED) is 0.882. The highest BCUT2D eigenvalue weighted by molar-refractivity contribution is 7.12. The van der Waals surface area contributed by atoms with Crippen molar-refractivity contribution in [3.05, 3.63) is 21.4 Å². The molecule has 1 aliphatic heterocycles. The van der Waals surface area contributed by atoms with Crippen LogP contribution >= 0.6 is 11.3 Å². The largest absolute Gasteiger partial charge is 0.312 e. The molecule has 1 fully saturated rings. The molecular formula is C17H30N2S. The number of hydrogen-bond donors (Lipinski definition) is 1. The van der Waals surface area contributed by atoms with Gasteiger partial charge in [0.05, 0.1) is 0 Å². The van der Waals surface area contributed by atoms with Crippen LogP contribution in [0.5, 0.6) is 0 Å². The van der Waals surface area contributed by atoms with E-state index in [1.165, 1.54) is 34.8 Å². The first-order chi connectivity index (χ1) is 9.40. The zero-order valence-electron chi connectivity index (χ0n) is 13.8. The first-order valence-corrected chi connectivity index (χ1v) is 8.73. The fraction of sp³-hybridized carbons (Fsp3) is 0.765. The molecule has 0 spiro atoms. The monoisotopic (exact) mass is 294 g/mol. The molecule has 2 rings (SSSR count). The fourth-order valence-corrected chi connectivity index (χ4v) is 4.03. The van der Waals surface area contributed by atoms with Crippen LogP contribution in [-0.2, 0) is 13.1 Å². The van der Waals surface area contributed by atoms with Gasteiger partial charge in [0, 0.05) is 29.4 Å². The summed E-state index contributed by atoms with van der Waals surface area (Å²) < 4.78 is 0. The van der Waals surface area contributed by atoms with Gasteiger partial charge in [-0.3, -0.25) is 4.90 Å². The first kappa shape index (κ1) is 16.0. The predicted octanol–water partition coefficient (Wildman–Crippen LogP) is 4.03. The van der Waals surface area contributed by atoms with Crippen molar-refractivity contribution in [2.24, 2.45) is 11.3 Å². The van der Waals surface area contributed by atoms with Gasteiger partial charge in [-0.15, -0.1) is 11.3 Å². The maximum absolute atomic E-state index is 3.42. The molecule has 0 aromatic carbocycles. The Kier molecular flexibility index (Phi) is 5.27. The lowest BCUT2D eigenvalue weighted by Gasteiger charge is -2.27. The molecular weight excluding hydrogens is 264 g/mol. The van der Waals surface area contributed by atoms with E-state index in [-0.39, 0.29) is 0 Å². The SMILES string of the molecule is CCNCc1cc(CN2CCC(C(C)(C)C)C2)c(C)s1. The molecule has 20 heavy (non-hydrogen) atoms. The second-order valence-electron chi connectivity index (χ2n) is 7.16. The number of aryl methyl sites for hydroxylation is 1. The van der Waals surface area contributed by atoms with Gasteiger partial charge in [-0.2, -0.15) is 0 Å². The van der Waals surface area contributed by atoms with Crippen LogP contribution in [0.2, 0.25) is 0 Å². The Bertz CT molecular complexity index is 431. The third-order valence-electron chi connectivity index (χ3n) is 4.51. The lowest BCUT2D eigenvalue weighted by atomic mass is 9.80. The molecule has 114 valence electrons. The lowest BCUT2D eigenvalue weighted by molar-refractivity contribution is 0.226. The van der Waals surface area contributed by atoms with Gasteiger partial charge in [0.2, 0.25) is 0 Å². The summed E-state index contributed by atoms with van der Waals surface area (Å²) in [6.07, 6.45) is 1.36. The van der Waals surface area contributed by atoms with Gasteiger partial charge < -0.3 is 5.32 Å². The second-order valence-corrected chi connectivity index (χ2v) is 8.50. The molecule has 1 atom stereocenters. The third-order valence-corrected chi connectivity index (χ3v) is 5.60. The van der Waals surface area contributed by atoms with Crippen LogP contribution in [0, 0.1) is 18.3 Å². The minimum absolute atomic E-state index is 0.453. The Balaban J connectivity index is 1.92. The van der Waals surface area contributed by atoms with E-state index in [0.717, 1.165) is 25.6 Å². The summed E-state index contributed by atoms with van der Waals surface area (Å²) in [5.74, 6) is 0.850. The van der Waals surface area contributed by atoms with E-state index >= 15 is 0 Å². The number of hydrogen-bond acceptors (Lipinski definition) is 3. The highest BCUT2D eigenvalue weighted by Gasteiger charge is 2.31. The van der Waals surface area contributed by atoms with Crippen molar-refractivity contribution in [3.8, 4) is 0 Å². The summed E-state index contributed by atoms with van der Waals surface area (Å²) in [6, 6.07) is 2.41. The van der Waals surface area contributed by atoms with Gasteiger partial charge >= 0.3 is 0 Å². The van der Waals surface area contributed by atoms with Crippen LogP contribution in [-0.4, -0.2) is 24.5 Å². The van der Waals surface area contributed by atoms with E-state index in [1.54, 1.807) is 0 Å². The van der Waals surface area contributed by atoms with Crippen LogP contribution < -0.4 is 5.32 Å². The molecule has 1 unspecified atom stereocenters. The lowest BCUT2D eigenvalue weighted by Crippen LogP contribution is -2.25. The van der Waals surface area contributed by atoms with E-state index in [2.05, 4.69) is 50.9 Å². The predicted molar refractivity (Wildman–Crippen MR) is 89.3 cm³/mol. The molecule has 1 saturated heterocycles. The molecule has 0 amide bonds. The van der Waals surface area contributed by atoms with Crippen molar-refractivity contribution in [2.45, 2.75) is 54.1 Å². The van der Waals surface area contributed by atoms with Crippen molar-refractivity contribution in [1.29, 1.82) is 0 Å². The standard InChI is InChI=1S/C17H30N2S/c1-6-18-10-16-9-14(13(2)20-16)11-19-8-7-15(12-19)17(3,4)5/h9,15,18H,6-8,10-12H2,1-5H3. The minimum atomic E-state index is 0.453. The normalized spacial score (nSPS) is 20.8. The Morgan fingerprint density at radius 1 is 1.40 bits per heavy atom. The molecule has 1 aliphatic rings. The molecule has 0 saturated carbocycles. The van der Waals surface area contributed by atoms with E-state index < -0.39 is 0 Å². The maximum atomic E-state index is 3.42. The van der Waals surface area contributed by atoms with Gasteiger partial charge in [0.25, 0.3) is 0 Å². The zero-order chi connectivity index (χ0) is 14.8. The summed E-state index contributed by atoms with van der Waals surface area (Å²) in [5.41, 5.74) is 1.99. The molecule has 1 aromatic heterocycles. The van der Waals surface area contributed by atoms with Crippen LogP contribution in [0.15, 0.2) is 6.07 Å². The van der Waals surface area contributed by atoms with Crippen LogP contribution in [0.3, 0.4) is 0 Å². The Labute approximate surface area is 128 Å². The minimum Gasteiger partial charge on any atom is -0.312 e. The van der Waals surface area contributed by atoms with Gasteiger partial charge in [0.15, 0.2) is 0 Å². The molecule has 3 heteroatoms. The Morgan fingerprint density at radius 2 is 2.15 bits per heavy atom. The average molecular weight is 295 g/mol. The molecule has 1 N–H and O–H groups in total. The topological polar surface area (TPSA) is 15.3 Å². The van der Waals surface area contributed by atoms with Crippen molar-refractivity contribution in [1.82, 2.24) is 10.2 Å². The fourth-order valence-electron chi connectivity index (χ4n) is 3.00. The molecule has 0 radical (unpaired) electrons. The Morgan fingerprint density at radius 3 is 2.75 bits per heavy atom. The summed E-state index contributed by atoms with van der Waals surface area (Å²) >= 11 is 1.95. The summed E-state index contributed by atoms with van der Waals surface area (Å²) in [5, 5.41) is 3.42. The molecule has 2 heterocycles. The van der Waals surface area contributed by atoms with Crippen molar-refractivity contribution < 1.29 is 0 Å². The van der Waals surface area contributed by atoms with Gasteiger partial charge in [-0.25, -0.2) is 0 Å². The summed E-state index contributed by atoms with van der Waals surface area (Å²) in [4.78, 5) is 5.62. The van der Waals surface area contributed by atoms with Gasteiger partial charge in [-0.05, 0) is 49.4 Å². The van der Waals surface area contributed by atoms with Gasteiger partial charge in [0.1, 0.15) is 0 Å². The molecule has 0 bridgehead atoms. The van der Waals surface area contributed by atoms with E-state index in [1.807, 2.05) is 11.3 Å². The molecule has 0 aliphatic carbocycles. The van der Waals surface area contributed by atoms with Crippen LogP contribution in [0.1, 0.15) is 49.4 Å². The van der Waals surface area contributed by atoms with Crippen molar-refractivity contribution in [2.75, 3.05) is 19.6 Å². The number of likely N-dealkylation sites (tertiary alicyclic amines) is 1. The van der Waals surface area contributed by atoms with Crippen LogP contribution in [0.25, 0.3) is 0 Å². The first-order valence-electron chi connectivity index (χ1n) is 7.91. The second kappa shape index (κ2) is 6.59. The maximum Gasteiger partial charge on any atom is 0.0299 e. The molecule has 1 aromatic rings. The third kappa shape index (κ3) is 4.06. The Hall–Kier alpha value is -0.380. The van der Waals surface area contributed by atoms with E-state index in [4.69, 9.17) is 0 Å².